The summed E-state index contributed by atoms with van der Waals surface area (Å²) < 4.78 is 19.4. The highest BCUT2D eigenvalue weighted by atomic mass is 32.2. The van der Waals surface area contributed by atoms with Crippen molar-refractivity contribution >= 4 is 23.6 Å². The van der Waals surface area contributed by atoms with Crippen molar-refractivity contribution in [3.05, 3.63) is 59.8 Å². The van der Waals surface area contributed by atoms with Crippen molar-refractivity contribution in [3.8, 4) is 0 Å². The van der Waals surface area contributed by atoms with Gasteiger partial charge >= 0.3 is 0 Å². The van der Waals surface area contributed by atoms with Crippen molar-refractivity contribution in [2.24, 2.45) is 0 Å². The van der Waals surface area contributed by atoms with Gasteiger partial charge in [-0.2, -0.15) is 0 Å². The number of hydrogen-bond donors (Lipinski definition) is 0. The van der Waals surface area contributed by atoms with Gasteiger partial charge in [0.25, 0.3) is 5.91 Å². The lowest BCUT2D eigenvalue weighted by molar-refractivity contribution is -0.130. The van der Waals surface area contributed by atoms with Crippen LogP contribution in [0.4, 0.5) is 4.39 Å². The van der Waals surface area contributed by atoms with Crippen LogP contribution in [0.3, 0.4) is 0 Å². The van der Waals surface area contributed by atoms with Gasteiger partial charge in [0.1, 0.15) is 11.2 Å². The standard InChI is InChI=1S/C19H21FN2O3S/c1-3-21(18(24)16-9-6-12-25-16)10-11-22-17(23)13(2)26-19(22)14-7-4-5-8-15(14)20/h4-9,12-13,19H,3,10-11H2,1-2H3/t13-,19+/m0/s1. The third-order valence-electron chi connectivity index (χ3n) is 4.43. The molecule has 0 bridgehead atoms. The van der Waals surface area contributed by atoms with Gasteiger partial charge < -0.3 is 14.2 Å². The quantitative estimate of drug-likeness (QED) is 0.774. The zero-order chi connectivity index (χ0) is 18.7. The number of carbonyl (C=O) groups is 2. The summed E-state index contributed by atoms with van der Waals surface area (Å²) in [7, 11) is 0. The van der Waals surface area contributed by atoms with E-state index in [2.05, 4.69) is 0 Å². The van der Waals surface area contributed by atoms with Gasteiger partial charge in [0.2, 0.25) is 5.91 Å². The normalized spacial score (nSPS) is 19.8. The molecule has 2 atom stereocenters. The van der Waals surface area contributed by atoms with Crippen molar-refractivity contribution in [2.75, 3.05) is 19.6 Å². The van der Waals surface area contributed by atoms with Gasteiger partial charge in [-0.05, 0) is 32.0 Å². The zero-order valence-corrected chi connectivity index (χ0v) is 15.5. The minimum Gasteiger partial charge on any atom is -0.459 e. The molecule has 0 spiro atoms. The molecule has 1 aromatic carbocycles. The van der Waals surface area contributed by atoms with E-state index in [0.29, 0.717) is 25.2 Å². The van der Waals surface area contributed by atoms with E-state index in [9.17, 15) is 14.0 Å². The first-order valence-electron chi connectivity index (χ1n) is 8.56. The third-order valence-corrected chi connectivity index (χ3v) is 5.81. The number of likely N-dealkylation sites (N-methyl/N-ethyl adjacent to an activating group) is 1. The van der Waals surface area contributed by atoms with Crippen molar-refractivity contribution in [2.45, 2.75) is 24.5 Å². The smallest absolute Gasteiger partial charge is 0.289 e. The fraction of sp³-hybridized carbons (Fsp3) is 0.368. The molecule has 26 heavy (non-hydrogen) atoms. The van der Waals surface area contributed by atoms with E-state index in [1.807, 2.05) is 13.8 Å². The van der Waals surface area contributed by atoms with Gasteiger partial charge in [-0.15, -0.1) is 11.8 Å². The van der Waals surface area contributed by atoms with Crippen LogP contribution < -0.4 is 0 Å². The Morgan fingerprint density at radius 3 is 2.73 bits per heavy atom. The molecular weight excluding hydrogens is 355 g/mol. The molecule has 2 amide bonds. The second-order valence-electron chi connectivity index (χ2n) is 6.05. The molecule has 1 saturated heterocycles. The SMILES string of the molecule is CCN(CCN1C(=O)[C@H](C)S[C@@H]1c1ccccc1F)C(=O)c1ccco1. The van der Waals surface area contributed by atoms with Gasteiger partial charge in [-0.3, -0.25) is 9.59 Å². The summed E-state index contributed by atoms with van der Waals surface area (Å²) in [6.07, 6.45) is 1.46. The monoisotopic (exact) mass is 376 g/mol. The molecular formula is C19H21FN2O3S. The molecule has 0 N–H and O–H groups in total. The van der Waals surface area contributed by atoms with Gasteiger partial charge in [-0.25, -0.2) is 4.39 Å². The number of nitrogens with zero attached hydrogens (tertiary/aromatic N) is 2. The van der Waals surface area contributed by atoms with Crippen molar-refractivity contribution in [1.29, 1.82) is 0 Å². The lowest BCUT2D eigenvalue weighted by Gasteiger charge is -2.28. The fourth-order valence-electron chi connectivity index (χ4n) is 3.01. The molecule has 0 radical (unpaired) electrons. The first-order chi connectivity index (χ1) is 12.5. The van der Waals surface area contributed by atoms with E-state index >= 15 is 0 Å². The Morgan fingerprint density at radius 2 is 2.08 bits per heavy atom. The van der Waals surface area contributed by atoms with Gasteiger partial charge in [0.15, 0.2) is 5.76 Å². The number of halogens is 1. The Kier molecular flexibility index (Phi) is 5.66. The maximum absolute atomic E-state index is 14.2. The summed E-state index contributed by atoms with van der Waals surface area (Å²) >= 11 is 1.43. The Hall–Kier alpha value is -2.28. The van der Waals surface area contributed by atoms with Crippen LogP contribution in [0.25, 0.3) is 0 Å². The van der Waals surface area contributed by atoms with E-state index in [4.69, 9.17) is 4.42 Å². The number of furan rings is 1. The van der Waals surface area contributed by atoms with Crippen LogP contribution in [0.2, 0.25) is 0 Å². The summed E-state index contributed by atoms with van der Waals surface area (Å²) in [4.78, 5) is 28.3. The van der Waals surface area contributed by atoms with Crippen molar-refractivity contribution < 1.29 is 18.4 Å². The maximum Gasteiger partial charge on any atom is 0.289 e. The highest BCUT2D eigenvalue weighted by Gasteiger charge is 2.39. The predicted octanol–water partition coefficient (Wildman–Crippen LogP) is 3.54. The highest BCUT2D eigenvalue weighted by Crippen LogP contribution is 2.43. The van der Waals surface area contributed by atoms with Crippen LogP contribution in [0.1, 0.15) is 35.3 Å². The molecule has 7 heteroatoms. The molecule has 2 aromatic rings. The Labute approximate surface area is 156 Å². The molecule has 0 aliphatic carbocycles. The Balaban J connectivity index is 1.74. The van der Waals surface area contributed by atoms with Crippen LogP contribution in [0.5, 0.6) is 0 Å². The summed E-state index contributed by atoms with van der Waals surface area (Å²) in [5, 5.41) is -0.619. The molecule has 0 saturated carbocycles. The molecule has 0 unspecified atom stereocenters. The van der Waals surface area contributed by atoms with Gasteiger partial charge in [-0.1, -0.05) is 18.2 Å². The summed E-state index contributed by atoms with van der Waals surface area (Å²) in [5.74, 6) is -0.305. The molecule has 3 rings (SSSR count). The first-order valence-corrected chi connectivity index (χ1v) is 9.50. The van der Waals surface area contributed by atoms with E-state index in [1.165, 1.54) is 24.1 Å². The molecule has 1 fully saturated rings. The summed E-state index contributed by atoms with van der Waals surface area (Å²) in [6.45, 7) is 4.90. The second-order valence-corrected chi connectivity index (χ2v) is 7.47. The lowest BCUT2D eigenvalue weighted by Crippen LogP contribution is -2.40. The van der Waals surface area contributed by atoms with E-state index in [1.54, 1.807) is 40.1 Å². The number of thioether (sulfide) groups is 1. The molecule has 1 aromatic heterocycles. The number of rotatable bonds is 6. The molecule has 2 heterocycles. The zero-order valence-electron chi connectivity index (χ0n) is 14.7. The topological polar surface area (TPSA) is 53.8 Å². The van der Waals surface area contributed by atoms with Crippen molar-refractivity contribution in [1.82, 2.24) is 9.80 Å². The first kappa shape index (κ1) is 18.5. The number of benzene rings is 1. The second kappa shape index (κ2) is 7.95. The third kappa shape index (κ3) is 3.62. The van der Waals surface area contributed by atoms with E-state index < -0.39 is 0 Å². The van der Waals surface area contributed by atoms with Crippen LogP contribution in [-0.4, -0.2) is 46.5 Å². The maximum atomic E-state index is 14.2. The van der Waals surface area contributed by atoms with Crippen LogP contribution >= 0.6 is 11.8 Å². The Morgan fingerprint density at radius 1 is 1.31 bits per heavy atom. The molecule has 138 valence electrons. The lowest BCUT2D eigenvalue weighted by atomic mass is 10.2. The number of hydrogen-bond acceptors (Lipinski definition) is 4. The Bertz CT molecular complexity index is 781. The van der Waals surface area contributed by atoms with Crippen LogP contribution in [-0.2, 0) is 4.79 Å². The highest BCUT2D eigenvalue weighted by molar-refractivity contribution is 8.01. The summed E-state index contributed by atoms with van der Waals surface area (Å²) in [6, 6.07) is 9.79. The van der Waals surface area contributed by atoms with Gasteiger partial charge in [0, 0.05) is 25.2 Å². The van der Waals surface area contributed by atoms with E-state index in [-0.39, 0.29) is 34.0 Å². The molecule has 1 aliphatic rings. The molecule has 1 aliphatic heterocycles. The fourth-order valence-corrected chi connectivity index (χ4v) is 4.34. The minimum absolute atomic E-state index is 0.0373. The predicted molar refractivity (Wildman–Crippen MR) is 98.2 cm³/mol. The van der Waals surface area contributed by atoms with Crippen LogP contribution in [0.15, 0.2) is 47.1 Å². The minimum atomic E-state index is -0.379. The molecule has 5 nitrogen and oxygen atoms in total. The van der Waals surface area contributed by atoms with E-state index in [0.717, 1.165) is 0 Å². The van der Waals surface area contributed by atoms with Gasteiger partial charge in [0.05, 0.1) is 11.5 Å². The van der Waals surface area contributed by atoms with Crippen molar-refractivity contribution in [3.63, 3.8) is 0 Å². The number of amides is 2. The summed E-state index contributed by atoms with van der Waals surface area (Å²) in [5.41, 5.74) is 0.496. The largest absolute Gasteiger partial charge is 0.459 e. The number of carbonyl (C=O) groups excluding carboxylic acids is 2. The van der Waals surface area contributed by atoms with Crippen LogP contribution in [0, 0.1) is 5.82 Å². The average molecular weight is 376 g/mol. The average Bonchev–Trinajstić information content (AvgIpc) is 3.26.